The highest BCUT2D eigenvalue weighted by molar-refractivity contribution is 6.33. The summed E-state index contributed by atoms with van der Waals surface area (Å²) < 4.78 is 44.2. The summed E-state index contributed by atoms with van der Waals surface area (Å²) in [6.07, 6.45) is -3.77. The van der Waals surface area contributed by atoms with Gasteiger partial charge >= 0.3 is 6.18 Å². The molecule has 0 bridgehead atoms. The smallest absolute Gasteiger partial charge is 0.382 e. The summed E-state index contributed by atoms with van der Waals surface area (Å²) in [5.74, 6) is -0.441. The van der Waals surface area contributed by atoms with Crippen LogP contribution >= 0.6 is 11.6 Å². The summed E-state index contributed by atoms with van der Waals surface area (Å²) in [4.78, 5) is 12.8. The molecule has 152 valence electrons. The summed E-state index contributed by atoms with van der Waals surface area (Å²) in [6.45, 7) is 3.73. The number of alkyl halides is 3. The highest BCUT2D eigenvalue weighted by atomic mass is 35.5. The van der Waals surface area contributed by atoms with Crippen LogP contribution in [0.25, 0.3) is 0 Å². The molecule has 3 N–H and O–H groups in total. The van der Waals surface area contributed by atoms with Gasteiger partial charge < -0.3 is 15.4 Å². The molecule has 0 saturated carbocycles. The highest BCUT2D eigenvalue weighted by Gasteiger charge is 2.32. The molecule has 2 rings (SSSR count). The average Bonchev–Trinajstić information content (AvgIpc) is 2.66. The molecule has 0 aliphatic carbocycles. The second-order valence-corrected chi connectivity index (χ2v) is 6.55. The number of carbonyl (C=O) groups excluding carboxylic acids is 1. The van der Waals surface area contributed by atoms with Crippen LogP contribution < -0.4 is 10.6 Å². The van der Waals surface area contributed by atoms with Crippen molar-refractivity contribution < 1.29 is 28.0 Å². The molecule has 0 spiro atoms. The number of benzene rings is 2. The van der Waals surface area contributed by atoms with Crippen molar-refractivity contribution in [1.82, 2.24) is 0 Å². The van der Waals surface area contributed by atoms with Crippen LogP contribution in [0.3, 0.4) is 0 Å². The number of nitrogens with two attached hydrogens (primary N) is 1. The number of nitrogens with one attached hydrogen (secondary N) is 1. The summed E-state index contributed by atoms with van der Waals surface area (Å²) in [7, 11) is 0. The number of anilines is 1. The first-order valence-corrected chi connectivity index (χ1v) is 9.34. The Morgan fingerprint density at radius 1 is 1.21 bits per heavy atom. The lowest BCUT2D eigenvalue weighted by Crippen LogP contribution is -2.87. The van der Waals surface area contributed by atoms with E-state index >= 15 is 0 Å². The molecular weight excluding hydrogens is 393 g/mol. The van der Waals surface area contributed by atoms with Crippen molar-refractivity contribution in [3.05, 3.63) is 64.7 Å². The lowest BCUT2D eigenvalue weighted by atomic mass is 10.1. The summed E-state index contributed by atoms with van der Waals surface area (Å²) >= 11 is 5.99. The summed E-state index contributed by atoms with van der Waals surface area (Å²) in [5, 5.41) is 4.42. The molecule has 0 heterocycles. The van der Waals surface area contributed by atoms with Gasteiger partial charge in [-0.25, -0.2) is 0 Å². The monoisotopic (exact) mass is 415 g/mol. The van der Waals surface area contributed by atoms with Crippen LogP contribution in [-0.4, -0.2) is 25.7 Å². The molecule has 0 aromatic heterocycles. The third-order valence-electron chi connectivity index (χ3n) is 4.09. The Morgan fingerprint density at radius 2 is 1.93 bits per heavy atom. The maximum absolute atomic E-state index is 13.0. The molecule has 1 amide bonds. The van der Waals surface area contributed by atoms with Crippen LogP contribution in [0.1, 0.15) is 30.5 Å². The van der Waals surface area contributed by atoms with E-state index in [1.807, 2.05) is 18.3 Å². The van der Waals surface area contributed by atoms with Gasteiger partial charge in [0, 0.05) is 18.6 Å². The van der Waals surface area contributed by atoms with Gasteiger partial charge in [-0.2, -0.15) is 13.2 Å². The number of quaternary nitrogens is 1. The van der Waals surface area contributed by atoms with Gasteiger partial charge in [0.15, 0.2) is 6.04 Å². The maximum Gasteiger partial charge on any atom is 0.416 e. The summed E-state index contributed by atoms with van der Waals surface area (Å²) in [6, 6.07) is 11.3. The van der Waals surface area contributed by atoms with E-state index in [0.717, 1.165) is 30.2 Å². The van der Waals surface area contributed by atoms with Crippen molar-refractivity contribution in [3.63, 3.8) is 0 Å². The molecule has 0 saturated heterocycles. The Labute approximate surface area is 167 Å². The van der Waals surface area contributed by atoms with Gasteiger partial charge in [0.05, 0.1) is 29.4 Å². The van der Waals surface area contributed by atoms with E-state index in [1.54, 1.807) is 24.3 Å². The second-order valence-electron chi connectivity index (χ2n) is 6.14. The minimum absolute atomic E-state index is 0.0458. The van der Waals surface area contributed by atoms with Gasteiger partial charge in [0.25, 0.3) is 5.91 Å². The first kappa shape index (κ1) is 22.2. The predicted octanol–water partition coefficient (Wildman–Crippen LogP) is 4.03. The summed E-state index contributed by atoms with van der Waals surface area (Å²) in [5.41, 5.74) is -0.186. The molecule has 1 atom stereocenters. The number of carbonyl (C=O) groups is 1. The molecule has 0 unspecified atom stereocenters. The lowest BCUT2D eigenvalue weighted by Gasteiger charge is -2.17. The number of rotatable bonds is 9. The Bertz CT molecular complexity index is 770. The Morgan fingerprint density at radius 3 is 2.57 bits per heavy atom. The molecule has 4 nitrogen and oxygen atoms in total. The van der Waals surface area contributed by atoms with E-state index < -0.39 is 23.7 Å². The normalized spacial score (nSPS) is 12.6. The first-order chi connectivity index (χ1) is 13.3. The second kappa shape index (κ2) is 10.5. The van der Waals surface area contributed by atoms with Gasteiger partial charge in [-0.05, 0) is 25.1 Å². The molecule has 2 aromatic rings. The largest absolute Gasteiger partial charge is 0.416 e. The molecule has 0 radical (unpaired) electrons. The molecule has 28 heavy (non-hydrogen) atoms. The fourth-order valence-corrected chi connectivity index (χ4v) is 2.84. The van der Waals surface area contributed by atoms with Crippen molar-refractivity contribution in [2.45, 2.75) is 25.6 Å². The van der Waals surface area contributed by atoms with Crippen LogP contribution in [0, 0.1) is 0 Å². The first-order valence-electron chi connectivity index (χ1n) is 8.96. The Balaban J connectivity index is 2.16. The van der Waals surface area contributed by atoms with E-state index in [1.165, 1.54) is 0 Å². The maximum atomic E-state index is 13.0. The third-order valence-corrected chi connectivity index (χ3v) is 4.42. The van der Waals surface area contributed by atoms with Crippen LogP contribution in [0.4, 0.5) is 18.9 Å². The SMILES string of the molecule is CCOCCC[NH2+][C@H](C(=O)Nc1cc(C(F)(F)F)ccc1Cl)c1ccccc1. The van der Waals surface area contributed by atoms with Crippen molar-refractivity contribution >= 4 is 23.2 Å². The highest BCUT2D eigenvalue weighted by Crippen LogP contribution is 2.34. The zero-order chi connectivity index (χ0) is 20.6. The topological polar surface area (TPSA) is 54.9 Å². The molecule has 0 fully saturated rings. The Hall–Kier alpha value is -2.09. The molecular formula is C20H23ClF3N2O2+. The van der Waals surface area contributed by atoms with Crippen LogP contribution in [0.5, 0.6) is 0 Å². The number of amides is 1. The average molecular weight is 416 g/mol. The van der Waals surface area contributed by atoms with Crippen LogP contribution in [-0.2, 0) is 15.7 Å². The van der Waals surface area contributed by atoms with Crippen molar-refractivity contribution in [1.29, 1.82) is 0 Å². The number of hydrogen-bond acceptors (Lipinski definition) is 2. The van der Waals surface area contributed by atoms with E-state index in [9.17, 15) is 18.0 Å². The van der Waals surface area contributed by atoms with E-state index in [-0.39, 0.29) is 10.7 Å². The van der Waals surface area contributed by atoms with Gasteiger partial charge in [0.1, 0.15) is 0 Å². The van der Waals surface area contributed by atoms with E-state index in [4.69, 9.17) is 16.3 Å². The zero-order valence-corrected chi connectivity index (χ0v) is 16.2. The third kappa shape index (κ3) is 6.51. The number of hydrogen-bond donors (Lipinski definition) is 2. The van der Waals surface area contributed by atoms with Crippen molar-refractivity contribution in [2.24, 2.45) is 0 Å². The Kier molecular flexibility index (Phi) is 8.29. The van der Waals surface area contributed by atoms with Gasteiger partial charge in [-0.1, -0.05) is 41.9 Å². The van der Waals surface area contributed by atoms with E-state index in [0.29, 0.717) is 19.8 Å². The minimum Gasteiger partial charge on any atom is -0.382 e. The quantitative estimate of drug-likeness (QED) is 0.607. The van der Waals surface area contributed by atoms with Gasteiger partial charge in [-0.3, -0.25) is 4.79 Å². The fourth-order valence-electron chi connectivity index (χ4n) is 2.68. The predicted molar refractivity (Wildman–Crippen MR) is 102 cm³/mol. The number of ether oxygens (including phenoxy) is 1. The van der Waals surface area contributed by atoms with Crippen LogP contribution in [0.15, 0.2) is 48.5 Å². The molecule has 2 aromatic carbocycles. The van der Waals surface area contributed by atoms with E-state index in [2.05, 4.69) is 5.32 Å². The molecule has 0 aliphatic rings. The van der Waals surface area contributed by atoms with Gasteiger partial charge in [0.2, 0.25) is 0 Å². The van der Waals surface area contributed by atoms with Crippen molar-refractivity contribution in [3.8, 4) is 0 Å². The molecule has 0 aliphatic heterocycles. The zero-order valence-electron chi connectivity index (χ0n) is 15.4. The number of halogens is 4. The fraction of sp³-hybridized carbons (Fsp3) is 0.350. The van der Waals surface area contributed by atoms with Crippen LogP contribution in [0.2, 0.25) is 5.02 Å². The standard InChI is InChI=1S/C20H22ClF3N2O2/c1-2-28-12-6-11-25-18(14-7-4-3-5-8-14)19(27)26-17-13-15(20(22,23)24)9-10-16(17)21/h3-5,7-10,13,18,25H,2,6,11-12H2,1H3,(H,26,27)/p+1/t18-/m0/s1. The minimum atomic E-state index is -4.52. The van der Waals surface area contributed by atoms with Gasteiger partial charge in [-0.15, -0.1) is 0 Å². The van der Waals surface area contributed by atoms with Crippen molar-refractivity contribution in [2.75, 3.05) is 25.1 Å². The lowest BCUT2D eigenvalue weighted by molar-refractivity contribution is -0.682. The molecule has 8 heteroatoms.